The number of hydrogen-bond acceptors (Lipinski definition) is 2. The minimum Gasteiger partial charge on any atom is -0.316 e. The first-order chi connectivity index (χ1) is 9.42. The molecule has 0 amide bonds. The van der Waals surface area contributed by atoms with Crippen molar-refractivity contribution in [1.82, 2.24) is 10.6 Å². The van der Waals surface area contributed by atoms with Gasteiger partial charge in [-0.1, -0.05) is 25.7 Å². The van der Waals surface area contributed by atoms with Crippen LogP contribution in [0.5, 0.6) is 0 Å². The Kier molecular flexibility index (Phi) is 5.17. The first-order valence-corrected chi connectivity index (χ1v) is 8.86. The van der Waals surface area contributed by atoms with Crippen molar-refractivity contribution < 1.29 is 0 Å². The van der Waals surface area contributed by atoms with Crippen molar-refractivity contribution in [2.75, 3.05) is 19.6 Å². The van der Waals surface area contributed by atoms with E-state index in [1.165, 1.54) is 83.8 Å². The van der Waals surface area contributed by atoms with E-state index in [9.17, 15) is 0 Å². The standard InChI is InChI=1S/C17H32N2/c1-2-5-16-12-14(6-7-15(16)4-1)13-18-10-3-11-19-17-8-9-17/h14-19H,1-13H2. The molecular formula is C17H32N2. The lowest BCUT2D eigenvalue weighted by molar-refractivity contribution is 0.129. The zero-order chi connectivity index (χ0) is 12.9. The van der Waals surface area contributed by atoms with Gasteiger partial charge in [0.15, 0.2) is 0 Å². The van der Waals surface area contributed by atoms with Gasteiger partial charge in [-0.25, -0.2) is 0 Å². The van der Waals surface area contributed by atoms with Gasteiger partial charge in [0.25, 0.3) is 0 Å². The molecular weight excluding hydrogens is 232 g/mol. The van der Waals surface area contributed by atoms with Crippen LogP contribution in [0, 0.1) is 17.8 Å². The van der Waals surface area contributed by atoms with Crippen LogP contribution in [-0.2, 0) is 0 Å². The predicted octanol–water partition coefficient (Wildman–Crippen LogP) is 3.32. The first-order valence-electron chi connectivity index (χ1n) is 8.86. The second-order valence-electron chi connectivity index (χ2n) is 7.27. The number of nitrogens with one attached hydrogen (secondary N) is 2. The molecule has 0 spiro atoms. The van der Waals surface area contributed by atoms with Crippen LogP contribution in [0.1, 0.15) is 64.2 Å². The molecule has 0 aromatic rings. The van der Waals surface area contributed by atoms with E-state index in [1.807, 2.05) is 0 Å². The van der Waals surface area contributed by atoms with Crippen LogP contribution in [0.3, 0.4) is 0 Å². The van der Waals surface area contributed by atoms with E-state index in [1.54, 1.807) is 0 Å². The predicted molar refractivity (Wildman–Crippen MR) is 81.3 cm³/mol. The normalized spacial score (nSPS) is 35.1. The molecule has 110 valence electrons. The zero-order valence-corrected chi connectivity index (χ0v) is 12.5. The van der Waals surface area contributed by atoms with Gasteiger partial charge in [-0.15, -0.1) is 0 Å². The van der Waals surface area contributed by atoms with Crippen LogP contribution in [0.25, 0.3) is 0 Å². The fourth-order valence-corrected chi connectivity index (χ4v) is 4.27. The maximum Gasteiger partial charge on any atom is 0.00682 e. The van der Waals surface area contributed by atoms with E-state index < -0.39 is 0 Å². The molecule has 0 aromatic heterocycles. The molecule has 0 heterocycles. The highest BCUT2D eigenvalue weighted by atomic mass is 14.9. The van der Waals surface area contributed by atoms with Crippen molar-refractivity contribution in [3.8, 4) is 0 Å². The third-order valence-corrected chi connectivity index (χ3v) is 5.62. The summed E-state index contributed by atoms with van der Waals surface area (Å²) in [4.78, 5) is 0. The summed E-state index contributed by atoms with van der Waals surface area (Å²) in [5.74, 6) is 3.18. The van der Waals surface area contributed by atoms with Gasteiger partial charge in [-0.3, -0.25) is 0 Å². The quantitative estimate of drug-likeness (QED) is 0.689. The van der Waals surface area contributed by atoms with Gasteiger partial charge in [-0.2, -0.15) is 0 Å². The second kappa shape index (κ2) is 7.08. The molecule has 0 aromatic carbocycles. The van der Waals surface area contributed by atoms with Gasteiger partial charge in [-0.05, 0) is 75.9 Å². The smallest absolute Gasteiger partial charge is 0.00682 e. The second-order valence-corrected chi connectivity index (χ2v) is 7.27. The van der Waals surface area contributed by atoms with Crippen LogP contribution >= 0.6 is 0 Å². The maximum atomic E-state index is 3.70. The molecule has 2 nitrogen and oxygen atoms in total. The Bertz CT molecular complexity index is 262. The molecule has 3 aliphatic rings. The van der Waals surface area contributed by atoms with E-state index in [4.69, 9.17) is 0 Å². The Morgan fingerprint density at radius 2 is 1.63 bits per heavy atom. The van der Waals surface area contributed by atoms with E-state index in [2.05, 4.69) is 10.6 Å². The summed E-state index contributed by atoms with van der Waals surface area (Å²) in [6.45, 7) is 3.71. The fourth-order valence-electron chi connectivity index (χ4n) is 4.27. The summed E-state index contributed by atoms with van der Waals surface area (Å²) in [5, 5.41) is 7.30. The lowest BCUT2D eigenvalue weighted by Gasteiger charge is -2.39. The zero-order valence-electron chi connectivity index (χ0n) is 12.5. The van der Waals surface area contributed by atoms with E-state index in [0.29, 0.717) is 0 Å². The number of rotatable bonds is 7. The first kappa shape index (κ1) is 13.9. The average Bonchev–Trinajstić information content (AvgIpc) is 3.27. The molecule has 3 unspecified atom stereocenters. The average molecular weight is 264 g/mol. The van der Waals surface area contributed by atoms with Crippen molar-refractivity contribution in [1.29, 1.82) is 0 Å². The number of hydrogen-bond donors (Lipinski definition) is 2. The monoisotopic (exact) mass is 264 g/mol. The maximum absolute atomic E-state index is 3.70. The van der Waals surface area contributed by atoms with Gasteiger partial charge >= 0.3 is 0 Å². The van der Waals surface area contributed by atoms with Crippen LogP contribution in [0.15, 0.2) is 0 Å². The van der Waals surface area contributed by atoms with Crippen LogP contribution in [0.2, 0.25) is 0 Å². The Morgan fingerprint density at radius 1 is 0.789 bits per heavy atom. The largest absolute Gasteiger partial charge is 0.316 e. The summed E-state index contributed by atoms with van der Waals surface area (Å²) >= 11 is 0. The van der Waals surface area contributed by atoms with Crippen LogP contribution < -0.4 is 10.6 Å². The summed E-state index contributed by atoms with van der Waals surface area (Å²) in [5.41, 5.74) is 0. The third-order valence-electron chi connectivity index (χ3n) is 5.62. The van der Waals surface area contributed by atoms with Crippen molar-refractivity contribution in [3.63, 3.8) is 0 Å². The third kappa shape index (κ3) is 4.46. The lowest BCUT2D eigenvalue weighted by Crippen LogP contribution is -2.33. The minimum absolute atomic E-state index is 0.876. The van der Waals surface area contributed by atoms with Gasteiger partial charge in [0.05, 0.1) is 0 Å². The van der Waals surface area contributed by atoms with Crippen LogP contribution in [0.4, 0.5) is 0 Å². The Labute approximate surface area is 119 Å². The molecule has 2 N–H and O–H groups in total. The summed E-state index contributed by atoms with van der Waals surface area (Å²) in [7, 11) is 0. The highest BCUT2D eigenvalue weighted by molar-refractivity contribution is 4.84. The molecule has 2 heteroatoms. The molecule has 3 saturated carbocycles. The molecule has 19 heavy (non-hydrogen) atoms. The highest BCUT2D eigenvalue weighted by Gasteiger charge is 2.31. The Hall–Kier alpha value is -0.0800. The van der Waals surface area contributed by atoms with Gasteiger partial charge in [0.1, 0.15) is 0 Å². The van der Waals surface area contributed by atoms with Crippen LogP contribution in [-0.4, -0.2) is 25.7 Å². The van der Waals surface area contributed by atoms with E-state index >= 15 is 0 Å². The van der Waals surface area contributed by atoms with Crippen molar-refractivity contribution in [2.24, 2.45) is 17.8 Å². The lowest BCUT2D eigenvalue weighted by atomic mass is 9.67. The van der Waals surface area contributed by atoms with Crippen molar-refractivity contribution in [2.45, 2.75) is 70.3 Å². The molecule has 0 aliphatic heterocycles. The van der Waals surface area contributed by atoms with Crippen molar-refractivity contribution >= 4 is 0 Å². The molecule has 3 fully saturated rings. The molecule has 3 rings (SSSR count). The topological polar surface area (TPSA) is 24.1 Å². The van der Waals surface area contributed by atoms with Gasteiger partial charge in [0, 0.05) is 6.04 Å². The fraction of sp³-hybridized carbons (Fsp3) is 1.00. The SMILES string of the molecule is C(CNCC1CCC2CCCCC2C1)CNC1CC1. The van der Waals surface area contributed by atoms with Gasteiger partial charge in [0.2, 0.25) is 0 Å². The van der Waals surface area contributed by atoms with Gasteiger partial charge < -0.3 is 10.6 Å². The minimum atomic E-state index is 0.876. The molecule has 0 radical (unpaired) electrons. The highest BCUT2D eigenvalue weighted by Crippen LogP contribution is 2.42. The Balaban J connectivity index is 1.24. The van der Waals surface area contributed by atoms with E-state index in [-0.39, 0.29) is 0 Å². The molecule has 3 atom stereocenters. The summed E-state index contributed by atoms with van der Waals surface area (Å²) < 4.78 is 0. The molecule has 0 saturated heterocycles. The summed E-state index contributed by atoms with van der Waals surface area (Å²) in [6, 6.07) is 0.876. The molecule has 3 aliphatic carbocycles. The van der Waals surface area contributed by atoms with Crippen molar-refractivity contribution in [3.05, 3.63) is 0 Å². The van der Waals surface area contributed by atoms with E-state index in [0.717, 1.165) is 23.8 Å². The Morgan fingerprint density at radius 3 is 2.47 bits per heavy atom. The number of fused-ring (bicyclic) bond motifs is 1. The molecule has 0 bridgehead atoms. The summed E-state index contributed by atoms with van der Waals surface area (Å²) in [6.07, 6.45) is 14.8.